The summed E-state index contributed by atoms with van der Waals surface area (Å²) in [6.45, 7) is 0.835. The van der Waals surface area contributed by atoms with Gasteiger partial charge in [0.05, 0.1) is 12.8 Å². The average molecular weight is 263 g/mol. The highest BCUT2D eigenvalue weighted by atomic mass is 32.1. The van der Waals surface area contributed by atoms with E-state index in [4.69, 9.17) is 10.5 Å². The standard InChI is InChI=1S/C13H17N3OS/c1-16(2)8-11-12(15-13(14)18-11)9-5-4-6-10(7-9)17-3/h4-7H,8H2,1-3H3,(H2,14,15). The molecule has 5 heteroatoms. The first-order chi connectivity index (χ1) is 8.60. The van der Waals surface area contributed by atoms with E-state index in [0.29, 0.717) is 5.13 Å². The van der Waals surface area contributed by atoms with Crippen molar-refractivity contribution in [3.63, 3.8) is 0 Å². The van der Waals surface area contributed by atoms with Crippen LogP contribution in [0.2, 0.25) is 0 Å². The van der Waals surface area contributed by atoms with Gasteiger partial charge in [0.25, 0.3) is 0 Å². The highest BCUT2D eigenvalue weighted by Crippen LogP contribution is 2.32. The predicted octanol–water partition coefficient (Wildman–Crippen LogP) is 2.46. The Morgan fingerprint density at radius 2 is 2.17 bits per heavy atom. The van der Waals surface area contributed by atoms with E-state index in [1.165, 1.54) is 16.2 Å². The van der Waals surface area contributed by atoms with Crippen molar-refractivity contribution in [1.82, 2.24) is 9.88 Å². The van der Waals surface area contributed by atoms with Crippen LogP contribution in [0.4, 0.5) is 5.13 Å². The van der Waals surface area contributed by atoms with Crippen molar-refractivity contribution >= 4 is 16.5 Å². The third-order valence-corrected chi connectivity index (χ3v) is 3.39. The first-order valence-electron chi connectivity index (χ1n) is 5.64. The normalized spacial score (nSPS) is 10.9. The van der Waals surface area contributed by atoms with Crippen molar-refractivity contribution in [3.8, 4) is 17.0 Å². The minimum Gasteiger partial charge on any atom is -0.497 e. The lowest BCUT2D eigenvalue weighted by molar-refractivity contribution is 0.406. The van der Waals surface area contributed by atoms with Gasteiger partial charge in [0, 0.05) is 17.0 Å². The fourth-order valence-electron chi connectivity index (χ4n) is 1.76. The van der Waals surface area contributed by atoms with Gasteiger partial charge in [-0.05, 0) is 26.2 Å². The summed E-state index contributed by atoms with van der Waals surface area (Å²) in [6, 6.07) is 7.89. The lowest BCUT2D eigenvalue weighted by Crippen LogP contribution is -2.10. The van der Waals surface area contributed by atoms with Crippen molar-refractivity contribution in [3.05, 3.63) is 29.1 Å². The summed E-state index contributed by atoms with van der Waals surface area (Å²) < 4.78 is 5.24. The molecule has 0 fully saturated rings. The molecule has 0 spiro atoms. The van der Waals surface area contributed by atoms with Crippen molar-refractivity contribution < 1.29 is 4.74 Å². The van der Waals surface area contributed by atoms with E-state index in [0.717, 1.165) is 23.6 Å². The highest BCUT2D eigenvalue weighted by molar-refractivity contribution is 7.15. The largest absolute Gasteiger partial charge is 0.497 e. The van der Waals surface area contributed by atoms with Crippen LogP contribution in [0.3, 0.4) is 0 Å². The molecule has 4 nitrogen and oxygen atoms in total. The Morgan fingerprint density at radius 1 is 1.39 bits per heavy atom. The number of thiazole rings is 1. The quantitative estimate of drug-likeness (QED) is 0.920. The average Bonchev–Trinajstić information content (AvgIpc) is 2.69. The molecule has 2 N–H and O–H groups in total. The van der Waals surface area contributed by atoms with Gasteiger partial charge in [0.15, 0.2) is 5.13 Å². The lowest BCUT2D eigenvalue weighted by Gasteiger charge is -2.09. The van der Waals surface area contributed by atoms with Crippen molar-refractivity contribution in [2.45, 2.75) is 6.54 Å². The molecule has 0 saturated heterocycles. The number of ether oxygens (including phenoxy) is 1. The molecule has 2 rings (SSSR count). The van der Waals surface area contributed by atoms with E-state index in [1.54, 1.807) is 7.11 Å². The van der Waals surface area contributed by atoms with Crippen LogP contribution in [-0.4, -0.2) is 31.1 Å². The predicted molar refractivity (Wildman–Crippen MR) is 75.9 cm³/mol. The first kappa shape index (κ1) is 12.9. The second-order valence-corrected chi connectivity index (χ2v) is 5.41. The van der Waals surface area contributed by atoms with Crippen LogP contribution in [0.5, 0.6) is 5.75 Å². The lowest BCUT2D eigenvalue weighted by atomic mass is 10.1. The van der Waals surface area contributed by atoms with Crippen LogP contribution in [0.15, 0.2) is 24.3 Å². The van der Waals surface area contributed by atoms with Gasteiger partial charge in [-0.2, -0.15) is 0 Å². The molecule has 1 aromatic heterocycles. The van der Waals surface area contributed by atoms with E-state index in [9.17, 15) is 0 Å². The maximum Gasteiger partial charge on any atom is 0.180 e. The topological polar surface area (TPSA) is 51.4 Å². The molecule has 0 aliphatic heterocycles. The fraction of sp³-hybridized carbons (Fsp3) is 0.308. The molecule has 0 aliphatic carbocycles. The summed E-state index contributed by atoms with van der Waals surface area (Å²) in [6.07, 6.45) is 0. The summed E-state index contributed by atoms with van der Waals surface area (Å²) in [7, 11) is 5.73. The van der Waals surface area contributed by atoms with E-state index in [2.05, 4.69) is 9.88 Å². The molecule has 0 radical (unpaired) electrons. The number of aromatic nitrogens is 1. The van der Waals surface area contributed by atoms with Crippen LogP contribution >= 0.6 is 11.3 Å². The van der Waals surface area contributed by atoms with Gasteiger partial charge in [0.2, 0.25) is 0 Å². The monoisotopic (exact) mass is 263 g/mol. The molecule has 1 heterocycles. The molecule has 0 aliphatic rings. The molecular weight excluding hydrogens is 246 g/mol. The number of anilines is 1. The van der Waals surface area contributed by atoms with Gasteiger partial charge in [-0.25, -0.2) is 4.98 Å². The van der Waals surface area contributed by atoms with E-state index in [1.807, 2.05) is 38.4 Å². The maximum atomic E-state index is 5.82. The Kier molecular flexibility index (Phi) is 3.84. The number of nitrogens with zero attached hydrogens (tertiary/aromatic N) is 2. The molecule has 0 amide bonds. The van der Waals surface area contributed by atoms with Crippen LogP contribution < -0.4 is 10.5 Å². The third kappa shape index (κ3) is 2.80. The number of methoxy groups -OCH3 is 1. The molecule has 2 aromatic rings. The zero-order chi connectivity index (χ0) is 13.1. The van der Waals surface area contributed by atoms with Crippen molar-refractivity contribution in [1.29, 1.82) is 0 Å². The zero-order valence-corrected chi connectivity index (χ0v) is 11.6. The number of hydrogen-bond acceptors (Lipinski definition) is 5. The van der Waals surface area contributed by atoms with E-state index in [-0.39, 0.29) is 0 Å². The summed E-state index contributed by atoms with van der Waals surface area (Å²) in [5, 5.41) is 0.602. The second-order valence-electron chi connectivity index (χ2n) is 4.29. The Balaban J connectivity index is 2.42. The van der Waals surface area contributed by atoms with Gasteiger partial charge in [-0.15, -0.1) is 11.3 Å². The van der Waals surface area contributed by atoms with Gasteiger partial charge in [0.1, 0.15) is 5.75 Å². The fourth-order valence-corrected chi connectivity index (χ4v) is 2.73. The Morgan fingerprint density at radius 3 is 2.83 bits per heavy atom. The highest BCUT2D eigenvalue weighted by Gasteiger charge is 2.12. The molecule has 0 saturated carbocycles. The van der Waals surface area contributed by atoms with Crippen LogP contribution in [0.1, 0.15) is 4.88 Å². The number of nitrogens with two attached hydrogens (primary N) is 1. The summed E-state index contributed by atoms with van der Waals surface area (Å²) in [5.74, 6) is 0.829. The van der Waals surface area contributed by atoms with Gasteiger partial charge < -0.3 is 15.4 Å². The van der Waals surface area contributed by atoms with Crippen LogP contribution in [0.25, 0.3) is 11.3 Å². The molecule has 0 bridgehead atoms. The number of hydrogen-bond donors (Lipinski definition) is 1. The van der Waals surface area contributed by atoms with E-state index < -0.39 is 0 Å². The van der Waals surface area contributed by atoms with Crippen molar-refractivity contribution in [2.75, 3.05) is 26.9 Å². The van der Waals surface area contributed by atoms with Gasteiger partial charge in [-0.3, -0.25) is 0 Å². The maximum absolute atomic E-state index is 5.82. The van der Waals surface area contributed by atoms with Gasteiger partial charge >= 0.3 is 0 Å². The van der Waals surface area contributed by atoms with E-state index >= 15 is 0 Å². The minimum absolute atomic E-state index is 0.602. The number of benzene rings is 1. The van der Waals surface area contributed by atoms with Crippen LogP contribution in [-0.2, 0) is 6.54 Å². The Bertz CT molecular complexity index is 537. The first-order valence-corrected chi connectivity index (χ1v) is 6.46. The number of nitrogen functional groups attached to an aromatic ring is 1. The summed E-state index contributed by atoms with van der Waals surface area (Å²) >= 11 is 1.54. The minimum atomic E-state index is 0.602. The molecule has 0 unspecified atom stereocenters. The third-order valence-electron chi connectivity index (χ3n) is 2.52. The molecule has 18 heavy (non-hydrogen) atoms. The second kappa shape index (κ2) is 5.37. The molecule has 96 valence electrons. The Labute approximate surface area is 111 Å². The SMILES string of the molecule is COc1cccc(-c2nc(N)sc2CN(C)C)c1. The van der Waals surface area contributed by atoms with Crippen LogP contribution in [0, 0.1) is 0 Å². The zero-order valence-electron chi connectivity index (χ0n) is 10.8. The smallest absolute Gasteiger partial charge is 0.180 e. The summed E-state index contributed by atoms with van der Waals surface area (Å²) in [4.78, 5) is 7.70. The summed E-state index contributed by atoms with van der Waals surface area (Å²) in [5.41, 5.74) is 7.81. The van der Waals surface area contributed by atoms with Gasteiger partial charge in [-0.1, -0.05) is 12.1 Å². The molecule has 0 atom stereocenters. The Hall–Kier alpha value is -1.59. The molecule has 1 aromatic carbocycles. The van der Waals surface area contributed by atoms with Crippen molar-refractivity contribution in [2.24, 2.45) is 0 Å². The molecular formula is C13H17N3OS. The number of rotatable bonds is 4.